The summed E-state index contributed by atoms with van der Waals surface area (Å²) in [6.07, 6.45) is 7.36. The smallest absolute Gasteiger partial charge is 0.253 e. The van der Waals surface area contributed by atoms with Gasteiger partial charge in [0.25, 0.3) is 11.8 Å². The molecule has 1 saturated carbocycles. The molecule has 37 heavy (non-hydrogen) atoms. The average Bonchev–Trinajstić information content (AvgIpc) is 2.94. The van der Waals surface area contributed by atoms with Crippen LogP contribution in [-0.2, 0) is 4.79 Å². The van der Waals surface area contributed by atoms with E-state index in [1.807, 2.05) is 30.3 Å². The van der Waals surface area contributed by atoms with Gasteiger partial charge in [0.15, 0.2) is 0 Å². The van der Waals surface area contributed by atoms with Gasteiger partial charge < -0.3 is 20.3 Å². The van der Waals surface area contributed by atoms with E-state index in [9.17, 15) is 14.4 Å². The first-order chi connectivity index (χ1) is 18.0. The SMILES string of the molecule is CCCCOc1ccc(C(=O)N2CCC[C@@H](C(=O)N[C@@H]3CCCC[C@H]3NC(=O)c3ccccc3)C2)cc1. The van der Waals surface area contributed by atoms with E-state index in [0.717, 1.165) is 57.1 Å². The molecule has 1 heterocycles. The molecule has 1 aliphatic heterocycles. The molecule has 1 saturated heterocycles. The van der Waals surface area contributed by atoms with Gasteiger partial charge >= 0.3 is 0 Å². The normalized spacial score (nSPS) is 21.6. The highest BCUT2D eigenvalue weighted by Crippen LogP contribution is 2.23. The van der Waals surface area contributed by atoms with E-state index in [1.165, 1.54) is 0 Å². The predicted octanol–water partition coefficient (Wildman–Crippen LogP) is 4.58. The van der Waals surface area contributed by atoms with Crippen LogP contribution in [0.15, 0.2) is 54.6 Å². The first kappa shape index (κ1) is 26.7. The van der Waals surface area contributed by atoms with E-state index >= 15 is 0 Å². The maximum Gasteiger partial charge on any atom is 0.253 e. The lowest BCUT2D eigenvalue weighted by Gasteiger charge is -2.36. The molecule has 7 heteroatoms. The molecule has 4 rings (SSSR count). The number of nitrogens with zero attached hydrogens (tertiary/aromatic N) is 1. The van der Waals surface area contributed by atoms with Crippen LogP contribution in [0.25, 0.3) is 0 Å². The van der Waals surface area contributed by atoms with E-state index in [0.29, 0.717) is 30.8 Å². The number of hydrogen-bond donors (Lipinski definition) is 2. The number of ether oxygens (including phenoxy) is 1. The van der Waals surface area contributed by atoms with Gasteiger partial charge in [-0.25, -0.2) is 0 Å². The third kappa shape index (κ3) is 7.34. The molecule has 2 aliphatic rings. The second kappa shape index (κ2) is 13.3. The van der Waals surface area contributed by atoms with Gasteiger partial charge in [-0.1, -0.05) is 44.4 Å². The topological polar surface area (TPSA) is 87.7 Å². The first-order valence-corrected chi connectivity index (χ1v) is 13.7. The van der Waals surface area contributed by atoms with Crippen LogP contribution >= 0.6 is 0 Å². The number of benzene rings is 2. The minimum absolute atomic E-state index is 0.0250. The molecule has 2 fully saturated rings. The fourth-order valence-electron chi connectivity index (χ4n) is 5.20. The zero-order chi connectivity index (χ0) is 26.0. The Bertz CT molecular complexity index is 1040. The van der Waals surface area contributed by atoms with E-state index in [2.05, 4.69) is 17.6 Å². The molecule has 0 bridgehead atoms. The van der Waals surface area contributed by atoms with Crippen molar-refractivity contribution in [3.05, 3.63) is 65.7 Å². The standard InChI is InChI=1S/C30H39N3O4/c1-2-3-20-37-25-17-15-23(16-18-25)30(36)33-19-9-12-24(21-33)29(35)32-27-14-8-7-13-26(27)31-28(34)22-10-5-4-6-11-22/h4-6,10-11,15-18,24,26-27H,2-3,7-9,12-14,19-21H2,1H3,(H,31,34)(H,32,35)/t24-,26-,27-/m1/s1. The van der Waals surface area contributed by atoms with Gasteiger partial charge in [0.2, 0.25) is 5.91 Å². The van der Waals surface area contributed by atoms with Crippen LogP contribution in [0, 0.1) is 5.92 Å². The maximum atomic E-state index is 13.3. The fraction of sp³-hybridized carbons (Fsp3) is 0.500. The third-order valence-corrected chi connectivity index (χ3v) is 7.39. The summed E-state index contributed by atoms with van der Waals surface area (Å²) in [4.78, 5) is 40.9. The van der Waals surface area contributed by atoms with Crippen LogP contribution in [0.3, 0.4) is 0 Å². The molecule has 0 radical (unpaired) electrons. The summed E-state index contributed by atoms with van der Waals surface area (Å²) in [6.45, 7) is 3.85. The minimum atomic E-state index is -0.248. The highest BCUT2D eigenvalue weighted by Gasteiger charge is 2.33. The number of unbranched alkanes of at least 4 members (excludes halogenated alkanes) is 1. The number of carbonyl (C=O) groups is 3. The van der Waals surface area contributed by atoms with Gasteiger partial charge in [-0.2, -0.15) is 0 Å². The Morgan fingerprint density at radius 3 is 2.27 bits per heavy atom. The number of carbonyl (C=O) groups excluding carboxylic acids is 3. The highest BCUT2D eigenvalue weighted by molar-refractivity contribution is 5.95. The quantitative estimate of drug-likeness (QED) is 0.489. The summed E-state index contributed by atoms with van der Waals surface area (Å²) in [7, 11) is 0. The second-order valence-corrected chi connectivity index (χ2v) is 10.2. The molecular weight excluding hydrogens is 466 g/mol. The predicted molar refractivity (Wildman–Crippen MR) is 144 cm³/mol. The summed E-state index contributed by atoms with van der Waals surface area (Å²) in [5.41, 5.74) is 1.24. The zero-order valence-corrected chi connectivity index (χ0v) is 21.8. The Balaban J connectivity index is 1.32. The van der Waals surface area contributed by atoms with Gasteiger partial charge in [-0.3, -0.25) is 14.4 Å². The molecule has 2 N–H and O–H groups in total. The van der Waals surface area contributed by atoms with Gasteiger partial charge in [0.1, 0.15) is 5.75 Å². The van der Waals surface area contributed by atoms with Crippen LogP contribution in [0.5, 0.6) is 5.75 Å². The maximum absolute atomic E-state index is 13.3. The number of amides is 3. The Labute approximate surface area is 220 Å². The number of hydrogen-bond acceptors (Lipinski definition) is 4. The summed E-state index contributed by atoms with van der Waals surface area (Å²) in [5, 5.41) is 6.35. The van der Waals surface area contributed by atoms with E-state index in [1.54, 1.807) is 29.2 Å². The summed E-state index contributed by atoms with van der Waals surface area (Å²) >= 11 is 0. The third-order valence-electron chi connectivity index (χ3n) is 7.39. The Kier molecular flexibility index (Phi) is 9.58. The van der Waals surface area contributed by atoms with Crippen LogP contribution in [0.4, 0.5) is 0 Å². The molecular formula is C30H39N3O4. The van der Waals surface area contributed by atoms with Crippen molar-refractivity contribution in [1.29, 1.82) is 0 Å². The van der Waals surface area contributed by atoms with Crippen LogP contribution in [0.1, 0.15) is 79.0 Å². The Morgan fingerprint density at radius 2 is 1.57 bits per heavy atom. The van der Waals surface area contributed by atoms with Gasteiger partial charge in [0, 0.05) is 36.3 Å². The number of likely N-dealkylation sites (tertiary alicyclic amines) is 1. The van der Waals surface area contributed by atoms with E-state index < -0.39 is 0 Å². The van der Waals surface area contributed by atoms with Gasteiger partial charge in [-0.15, -0.1) is 0 Å². The first-order valence-electron chi connectivity index (χ1n) is 13.7. The van der Waals surface area contributed by atoms with Crippen molar-refractivity contribution in [3.8, 4) is 5.75 Å². The molecule has 2 aromatic carbocycles. The molecule has 3 amide bonds. The molecule has 2 aromatic rings. The molecule has 198 valence electrons. The second-order valence-electron chi connectivity index (χ2n) is 10.2. The van der Waals surface area contributed by atoms with E-state index in [-0.39, 0.29) is 35.7 Å². The Morgan fingerprint density at radius 1 is 0.865 bits per heavy atom. The van der Waals surface area contributed by atoms with Crippen molar-refractivity contribution in [2.24, 2.45) is 5.92 Å². The molecule has 7 nitrogen and oxygen atoms in total. The lowest BCUT2D eigenvalue weighted by molar-refractivity contribution is -0.127. The van der Waals surface area contributed by atoms with Crippen molar-refractivity contribution in [2.45, 2.75) is 70.4 Å². The van der Waals surface area contributed by atoms with Crippen molar-refractivity contribution < 1.29 is 19.1 Å². The van der Waals surface area contributed by atoms with E-state index in [4.69, 9.17) is 4.74 Å². The monoisotopic (exact) mass is 505 g/mol. The van der Waals surface area contributed by atoms with Crippen molar-refractivity contribution in [2.75, 3.05) is 19.7 Å². The molecule has 1 aliphatic carbocycles. The van der Waals surface area contributed by atoms with Gasteiger partial charge in [-0.05, 0) is 68.5 Å². The lowest BCUT2D eigenvalue weighted by Crippen LogP contribution is -2.55. The van der Waals surface area contributed by atoms with Crippen LogP contribution in [-0.4, -0.2) is 54.4 Å². The lowest BCUT2D eigenvalue weighted by atomic mass is 9.88. The van der Waals surface area contributed by atoms with Gasteiger partial charge in [0.05, 0.1) is 12.5 Å². The average molecular weight is 506 g/mol. The summed E-state index contributed by atoms with van der Waals surface area (Å²) in [6, 6.07) is 16.3. The van der Waals surface area contributed by atoms with Crippen LogP contribution < -0.4 is 15.4 Å². The molecule has 3 atom stereocenters. The number of nitrogens with one attached hydrogen (secondary N) is 2. The van der Waals surface area contributed by atoms with Crippen molar-refractivity contribution in [1.82, 2.24) is 15.5 Å². The molecule has 0 aromatic heterocycles. The largest absolute Gasteiger partial charge is 0.494 e. The van der Waals surface area contributed by atoms with Crippen molar-refractivity contribution >= 4 is 17.7 Å². The minimum Gasteiger partial charge on any atom is -0.494 e. The number of rotatable bonds is 9. The van der Waals surface area contributed by atoms with Crippen LogP contribution in [0.2, 0.25) is 0 Å². The van der Waals surface area contributed by atoms with Crippen molar-refractivity contribution in [3.63, 3.8) is 0 Å². The number of piperidine rings is 1. The highest BCUT2D eigenvalue weighted by atomic mass is 16.5. The summed E-state index contributed by atoms with van der Waals surface area (Å²) < 4.78 is 5.70. The fourth-order valence-corrected chi connectivity index (χ4v) is 5.20. The summed E-state index contributed by atoms with van der Waals surface area (Å²) in [5.74, 6) is 0.332. The Hall–Kier alpha value is -3.35. The zero-order valence-electron chi connectivity index (χ0n) is 21.8. The molecule has 0 unspecified atom stereocenters. The molecule has 0 spiro atoms.